The summed E-state index contributed by atoms with van der Waals surface area (Å²) in [7, 11) is 3.17. The highest BCUT2D eigenvalue weighted by Crippen LogP contribution is 2.32. The molecule has 2 aromatic rings. The van der Waals surface area contributed by atoms with E-state index in [-0.39, 0.29) is 18.1 Å². The van der Waals surface area contributed by atoms with Crippen LogP contribution in [-0.4, -0.2) is 33.1 Å². The molecule has 100 valence electrons. The van der Waals surface area contributed by atoms with Crippen LogP contribution < -0.4 is 0 Å². The molecule has 0 fully saturated rings. The molecule has 0 amide bonds. The maximum absolute atomic E-state index is 10.9. The first-order chi connectivity index (χ1) is 9.04. The van der Waals surface area contributed by atoms with E-state index in [9.17, 15) is 9.90 Å². The van der Waals surface area contributed by atoms with Crippen LogP contribution in [0.3, 0.4) is 0 Å². The molecule has 0 bridgehead atoms. The van der Waals surface area contributed by atoms with E-state index in [0.29, 0.717) is 16.8 Å². The third-order valence-corrected chi connectivity index (χ3v) is 2.79. The van der Waals surface area contributed by atoms with E-state index in [1.54, 1.807) is 32.4 Å². The Bertz CT molecular complexity index is 619. The number of aryl methyl sites for hydroxylation is 1. The molecule has 0 aliphatic carbocycles. The molecule has 1 aromatic carbocycles. The van der Waals surface area contributed by atoms with Crippen molar-refractivity contribution in [3.05, 3.63) is 35.5 Å². The Morgan fingerprint density at radius 2 is 2.21 bits per heavy atom. The summed E-state index contributed by atoms with van der Waals surface area (Å²) in [5.74, 6) is -1.03. The lowest BCUT2D eigenvalue weighted by Gasteiger charge is -2.09. The number of aromatic hydroxyl groups is 1. The number of ether oxygens (including phenoxy) is 1. The van der Waals surface area contributed by atoms with Gasteiger partial charge in [-0.2, -0.15) is 5.10 Å². The third kappa shape index (κ3) is 2.43. The van der Waals surface area contributed by atoms with Gasteiger partial charge < -0.3 is 14.9 Å². The summed E-state index contributed by atoms with van der Waals surface area (Å²) in [6.07, 6.45) is 0. The third-order valence-electron chi connectivity index (χ3n) is 2.79. The van der Waals surface area contributed by atoms with Gasteiger partial charge in [0, 0.05) is 25.3 Å². The Labute approximate surface area is 109 Å². The van der Waals surface area contributed by atoms with Gasteiger partial charge >= 0.3 is 5.97 Å². The lowest BCUT2D eigenvalue weighted by molar-refractivity contribution is 0.0689. The number of para-hydroxylation sites is 1. The number of hydrogen-bond donors (Lipinski definition) is 2. The molecule has 0 spiro atoms. The van der Waals surface area contributed by atoms with Crippen molar-refractivity contribution in [2.75, 3.05) is 7.11 Å². The predicted octanol–water partition coefficient (Wildman–Crippen LogP) is 1.64. The standard InChI is InChI=1S/C13H14N2O4/c1-15-11(6-10(14-15)13(17)18)9-5-3-4-8(7-19-2)12(9)16/h3-6,16H,7H2,1-2H3,(H,17,18). The van der Waals surface area contributed by atoms with Crippen LogP contribution in [0.4, 0.5) is 0 Å². The molecule has 1 heterocycles. The molecule has 0 aliphatic heterocycles. The van der Waals surface area contributed by atoms with Crippen molar-refractivity contribution in [2.24, 2.45) is 7.05 Å². The van der Waals surface area contributed by atoms with Crippen LogP contribution in [0.2, 0.25) is 0 Å². The summed E-state index contributed by atoms with van der Waals surface area (Å²) in [4.78, 5) is 10.9. The van der Waals surface area contributed by atoms with E-state index < -0.39 is 5.97 Å². The highest BCUT2D eigenvalue weighted by atomic mass is 16.5. The molecule has 19 heavy (non-hydrogen) atoms. The summed E-state index contributed by atoms with van der Waals surface area (Å²) in [5.41, 5.74) is 1.64. The zero-order valence-corrected chi connectivity index (χ0v) is 10.6. The number of nitrogens with zero attached hydrogens (tertiary/aromatic N) is 2. The number of carbonyl (C=O) groups is 1. The second-order valence-corrected chi connectivity index (χ2v) is 4.09. The van der Waals surface area contributed by atoms with Crippen LogP contribution in [0.5, 0.6) is 5.75 Å². The predicted molar refractivity (Wildman–Crippen MR) is 68.0 cm³/mol. The van der Waals surface area contributed by atoms with Crippen LogP contribution in [0.25, 0.3) is 11.3 Å². The van der Waals surface area contributed by atoms with E-state index in [0.717, 1.165) is 0 Å². The van der Waals surface area contributed by atoms with Gasteiger partial charge in [-0.15, -0.1) is 0 Å². The van der Waals surface area contributed by atoms with Crippen molar-refractivity contribution in [3.8, 4) is 17.0 Å². The lowest BCUT2D eigenvalue weighted by Crippen LogP contribution is -1.99. The summed E-state index contributed by atoms with van der Waals surface area (Å²) < 4.78 is 6.42. The Kier molecular flexibility index (Phi) is 3.52. The number of aromatic carboxylic acids is 1. The van der Waals surface area contributed by atoms with Gasteiger partial charge in [0.15, 0.2) is 5.69 Å². The number of phenolic OH excluding ortho intramolecular Hbond substituents is 1. The van der Waals surface area contributed by atoms with Crippen molar-refractivity contribution < 1.29 is 19.7 Å². The average molecular weight is 262 g/mol. The number of methoxy groups -OCH3 is 1. The molecule has 0 atom stereocenters. The minimum Gasteiger partial charge on any atom is -0.507 e. The van der Waals surface area contributed by atoms with Crippen molar-refractivity contribution in [1.29, 1.82) is 0 Å². The number of carboxylic acid groups (broad SMARTS) is 1. The Morgan fingerprint density at radius 3 is 2.79 bits per heavy atom. The number of benzene rings is 1. The second kappa shape index (κ2) is 5.11. The maximum Gasteiger partial charge on any atom is 0.356 e. The van der Waals surface area contributed by atoms with Gasteiger partial charge in [-0.3, -0.25) is 4.68 Å². The van der Waals surface area contributed by atoms with Crippen LogP contribution in [-0.2, 0) is 18.4 Å². The van der Waals surface area contributed by atoms with E-state index >= 15 is 0 Å². The summed E-state index contributed by atoms with van der Waals surface area (Å²) in [6.45, 7) is 0.281. The van der Waals surface area contributed by atoms with Gasteiger partial charge in [-0.25, -0.2) is 4.79 Å². The number of rotatable bonds is 4. The van der Waals surface area contributed by atoms with Gasteiger partial charge in [0.05, 0.1) is 12.3 Å². The fraction of sp³-hybridized carbons (Fsp3) is 0.231. The molecule has 0 unspecified atom stereocenters. The lowest BCUT2D eigenvalue weighted by atomic mass is 10.1. The summed E-state index contributed by atoms with van der Waals surface area (Å²) in [5, 5.41) is 23.0. The molecule has 6 nitrogen and oxygen atoms in total. The van der Waals surface area contributed by atoms with Crippen LogP contribution in [0, 0.1) is 0 Å². The highest BCUT2D eigenvalue weighted by molar-refractivity contribution is 5.87. The van der Waals surface area contributed by atoms with Crippen molar-refractivity contribution in [1.82, 2.24) is 9.78 Å². The fourth-order valence-corrected chi connectivity index (χ4v) is 1.89. The molecule has 0 saturated carbocycles. The van der Waals surface area contributed by atoms with Crippen molar-refractivity contribution >= 4 is 5.97 Å². The zero-order valence-electron chi connectivity index (χ0n) is 10.6. The highest BCUT2D eigenvalue weighted by Gasteiger charge is 2.16. The topological polar surface area (TPSA) is 84.6 Å². The second-order valence-electron chi connectivity index (χ2n) is 4.09. The van der Waals surface area contributed by atoms with Crippen LogP contribution in [0.15, 0.2) is 24.3 Å². The largest absolute Gasteiger partial charge is 0.507 e. The Hall–Kier alpha value is -2.34. The molecular weight excluding hydrogens is 248 g/mol. The van der Waals surface area contributed by atoms with Crippen LogP contribution >= 0.6 is 0 Å². The summed E-state index contributed by atoms with van der Waals surface area (Å²) in [6, 6.07) is 6.65. The normalized spacial score (nSPS) is 10.6. The van der Waals surface area contributed by atoms with E-state index in [1.165, 1.54) is 10.7 Å². The molecule has 1 aromatic heterocycles. The molecule has 2 N–H and O–H groups in total. The summed E-state index contributed by atoms with van der Waals surface area (Å²) >= 11 is 0. The fourth-order valence-electron chi connectivity index (χ4n) is 1.89. The number of hydrogen-bond acceptors (Lipinski definition) is 4. The molecule has 0 aliphatic rings. The minimum absolute atomic E-state index is 0.0611. The smallest absolute Gasteiger partial charge is 0.356 e. The van der Waals surface area contributed by atoms with Gasteiger partial charge in [0.25, 0.3) is 0 Å². The monoisotopic (exact) mass is 262 g/mol. The Balaban J connectivity index is 2.53. The van der Waals surface area contributed by atoms with Gasteiger partial charge in [0.1, 0.15) is 5.75 Å². The zero-order chi connectivity index (χ0) is 14.0. The number of aromatic nitrogens is 2. The van der Waals surface area contributed by atoms with Crippen LogP contribution in [0.1, 0.15) is 16.1 Å². The Morgan fingerprint density at radius 1 is 1.47 bits per heavy atom. The molecule has 6 heteroatoms. The maximum atomic E-state index is 10.9. The molecule has 2 rings (SSSR count). The average Bonchev–Trinajstić information content (AvgIpc) is 2.75. The molecule has 0 saturated heterocycles. The van der Waals surface area contributed by atoms with E-state index in [1.807, 2.05) is 0 Å². The van der Waals surface area contributed by atoms with Crippen molar-refractivity contribution in [2.45, 2.75) is 6.61 Å². The van der Waals surface area contributed by atoms with Gasteiger partial charge in [-0.05, 0) is 12.1 Å². The minimum atomic E-state index is -1.10. The van der Waals surface area contributed by atoms with E-state index in [2.05, 4.69) is 5.10 Å². The number of carboxylic acids is 1. The van der Waals surface area contributed by atoms with E-state index in [4.69, 9.17) is 9.84 Å². The SMILES string of the molecule is COCc1cccc(-c2cc(C(=O)O)nn2C)c1O. The quantitative estimate of drug-likeness (QED) is 0.875. The molecular formula is C13H14N2O4. The first-order valence-electron chi connectivity index (χ1n) is 5.62. The van der Waals surface area contributed by atoms with Gasteiger partial charge in [-0.1, -0.05) is 12.1 Å². The molecule has 0 radical (unpaired) electrons. The van der Waals surface area contributed by atoms with Gasteiger partial charge in [0.2, 0.25) is 0 Å². The first-order valence-corrected chi connectivity index (χ1v) is 5.62. The van der Waals surface area contributed by atoms with Crippen molar-refractivity contribution in [3.63, 3.8) is 0 Å². The first kappa shape index (κ1) is 13.1. The number of phenols is 1.